The summed E-state index contributed by atoms with van der Waals surface area (Å²) >= 11 is 0. The Hall–Kier alpha value is -2.38. The highest BCUT2D eigenvalue weighted by atomic mass is 32.2. The van der Waals surface area contributed by atoms with E-state index in [1.807, 2.05) is 31.2 Å². The standard InChI is InChI=1S/C18H22N2O4S/c1-4-19-18(21)15-8-9-16(24-3)17(11-15)25(22,23)20-12-14-7-5-6-13(2)10-14/h5-11,20H,4,12H2,1-3H3,(H,19,21). The molecule has 7 heteroatoms. The number of rotatable bonds is 7. The van der Waals surface area contributed by atoms with E-state index in [2.05, 4.69) is 10.0 Å². The van der Waals surface area contributed by atoms with Gasteiger partial charge in [-0.1, -0.05) is 29.8 Å². The number of carbonyl (C=O) groups is 1. The molecule has 0 aromatic heterocycles. The Balaban J connectivity index is 2.30. The molecule has 0 saturated carbocycles. The van der Waals surface area contributed by atoms with Gasteiger partial charge in [0.1, 0.15) is 10.6 Å². The number of carbonyl (C=O) groups excluding carboxylic acids is 1. The summed E-state index contributed by atoms with van der Waals surface area (Å²) in [4.78, 5) is 11.9. The summed E-state index contributed by atoms with van der Waals surface area (Å²) in [5.41, 5.74) is 2.16. The number of hydrogen-bond acceptors (Lipinski definition) is 4. The van der Waals surface area contributed by atoms with E-state index in [1.165, 1.54) is 25.3 Å². The van der Waals surface area contributed by atoms with Gasteiger partial charge in [-0.2, -0.15) is 0 Å². The zero-order valence-electron chi connectivity index (χ0n) is 14.5. The van der Waals surface area contributed by atoms with Gasteiger partial charge in [0, 0.05) is 18.7 Å². The highest BCUT2D eigenvalue weighted by Gasteiger charge is 2.21. The van der Waals surface area contributed by atoms with E-state index in [9.17, 15) is 13.2 Å². The normalized spacial score (nSPS) is 11.2. The van der Waals surface area contributed by atoms with Crippen LogP contribution >= 0.6 is 0 Å². The maximum absolute atomic E-state index is 12.7. The summed E-state index contributed by atoms with van der Waals surface area (Å²) in [6.45, 7) is 4.34. The van der Waals surface area contributed by atoms with Crippen LogP contribution in [-0.2, 0) is 16.6 Å². The van der Waals surface area contributed by atoms with Crippen molar-refractivity contribution in [3.8, 4) is 5.75 Å². The summed E-state index contributed by atoms with van der Waals surface area (Å²) in [6.07, 6.45) is 0. The average Bonchev–Trinajstić information content (AvgIpc) is 2.60. The number of amides is 1. The lowest BCUT2D eigenvalue weighted by Gasteiger charge is -2.12. The minimum atomic E-state index is -3.84. The minimum absolute atomic E-state index is 0.0635. The van der Waals surface area contributed by atoms with Crippen molar-refractivity contribution in [2.24, 2.45) is 0 Å². The molecule has 2 aromatic carbocycles. The fourth-order valence-corrected chi connectivity index (χ4v) is 3.58. The molecule has 1 amide bonds. The van der Waals surface area contributed by atoms with E-state index in [1.54, 1.807) is 6.92 Å². The molecule has 0 aliphatic heterocycles. The summed E-state index contributed by atoms with van der Waals surface area (Å²) in [5, 5.41) is 2.65. The van der Waals surface area contributed by atoms with Crippen molar-refractivity contribution in [2.75, 3.05) is 13.7 Å². The van der Waals surface area contributed by atoms with Crippen molar-refractivity contribution in [1.29, 1.82) is 0 Å². The van der Waals surface area contributed by atoms with Crippen LogP contribution in [0.15, 0.2) is 47.4 Å². The Morgan fingerprint density at radius 2 is 1.92 bits per heavy atom. The summed E-state index contributed by atoms with van der Waals surface area (Å²) < 4.78 is 33.1. The number of benzene rings is 2. The van der Waals surface area contributed by atoms with E-state index in [0.717, 1.165) is 11.1 Å². The molecule has 0 aliphatic carbocycles. The van der Waals surface area contributed by atoms with E-state index in [4.69, 9.17) is 4.74 Å². The van der Waals surface area contributed by atoms with Crippen molar-refractivity contribution >= 4 is 15.9 Å². The quantitative estimate of drug-likeness (QED) is 0.791. The number of methoxy groups -OCH3 is 1. The Kier molecular flexibility index (Phi) is 6.17. The number of ether oxygens (including phenoxy) is 1. The summed E-state index contributed by atoms with van der Waals surface area (Å²) in [6, 6.07) is 11.9. The third-order valence-electron chi connectivity index (χ3n) is 3.60. The van der Waals surface area contributed by atoms with Gasteiger partial charge in [0.05, 0.1) is 7.11 Å². The Morgan fingerprint density at radius 3 is 2.56 bits per heavy atom. The predicted octanol–water partition coefficient (Wildman–Crippen LogP) is 2.23. The maximum atomic E-state index is 12.7. The molecule has 0 radical (unpaired) electrons. The lowest BCUT2D eigenvalue weighted by Crippen LogP contribution is -2.26. The zero-order valence-corrected chi connectivity index (χ0v) is 15.3. The molecule has 0 heterocycles. The molecule has 0 saturated heterocycles. The first-order valence-corrected chi connectivity index (χ1v) is 9.37. The van der Waals surface area contributed by atoms with Crippen LogP contribution in [0.2, 0.25) is 0 Å². The predicted molar refractivity (Wildman–Crippen MR) is 96.2 cm³/mol. The fraction of sp³-hybridized carbons (Fsp3) is 0.278. The second-order valence-corrected chi connectivity index (χ2v) is 7.27. The molecular weight excluding hydrogens is 340 g/mol. The summed E-state index contributed by atoms with van der Waals surface area (Å²) in [7, 11) is -2.45. The molecule has 6 nitrogen and oxygen atoms in total. The molecule has 25 heavy (non-hydrogen) atoms. The molecule has 0 bridgehead atoms. The minimum Gasteiger partial charge on any atom is -0.495 e. The van der Waals surface area contributed by atoms with Crippen LogP contribution in [0.4, 0.5) is 0 Å². The molecule has 2 N–H and O–H groups in total. The molecule has 2 rings (SSSR count). The van der Waals surface area contributed by atoms with Gasteiger partial charge in [0.2, 0.25) is 10.0 Å². The first-order valence-electron chi connectivity index (χ1n) is 7.89. The van der Waals surface area contributed by atoms with Crippen LogP contribution in [-0.4, -0.2) is 28.0 Å². The van der Waals surface area contributed by atoms with Gasteiger partial charge >= 0.3 is 0 Å². The lowest BCUT2D eigenvalue weighted by atomic mass is 10.1. The van der Waals surface area contributed by atoms with Crippen LogP contribution in [0.1, 0.15) is 28.4 Å². The van der Waals surface area contributed by atoms with Crippen LogP contribution in [0.5, 0.6) is 5.75 Å². The van der Waals surface area contributed by atoms with E-state index in [-0.39, 0.29) is 28.7 Å². The van der Waals surface area contributed by atoms with E-state index < -0.39 is 10.0 Å². The van der Waals surface area contributed by atoms with Gasteiger partial charge in [-0.3, -0.25) is 4.79 Å². The molecule has 0 spiro atoms. The van der Waals surface area contributed by atoms with Crippen LogP contribution < -0.4 is 14.8 Å². The topological polar surface area (TPSA) is 84.5 Å². The van der Waals surface area contributed by atoms with Gasteiger partial charge in [-0.15, -0.1) is 0 Å². The second kappa shape index (κ2) is 8.13. The largest absolute Gasteiger partial charge is 0.495 e. The van der Waals surface area contributed by atoms with Gasteiger partial charge in [-0.25, -0.2) is 13.1 Å². The Labute approximate surface area is 148 Å². The number of hydrogen-bond donors (Lipinski definition) is 2. The lowest BCUT2D eigenvalue weighted by molar-refractivity contribution is 0.0955. The van der Waals surface area contributed by atoms with Gasteiger partial charge in [-0.05, 0) is 37.6 Å². The highest BCUT2D eigenvalue weighted by molar-refractivity contribution is 7.89. The van der Waals surface area contributed by atoms with Crippen LogP contribution in [0.3, 0.4) is 0 Å². The van der Waals surface area contributed by atoms with E-state index >= 15 is 0 Å². The summed E-state index contributed by atoms with van der Waals surface area (Å²) in [5.74, 6) is -0.148. The van der Waals surface area contributed by atoms with Gasteiger partial charge < -0.3 is 10.1 Å². The monoisotopic (exact) mass is 362 g/mol. The van der Waals surface area contributed by atoms with Gasteiger partial charge in [0.15, 0.2) is 0 Å². The zero-order chi connectivity index (χ0) is 18.4. The van der Waals surface area contributed by atoms with Crippen molar-refractivity contribution in [3.05, 3.63) is 59.2 Å². The molecule has 134 valence electrons. The third-order valence-corrected chi connectivity index (χ3v) is 5.02. The molecule has 0 unspecified atom stereocenters. The molecule has 0 fully saturated rings. The number of aryl methyl sites for hydroxylation is 1. The second-order valence-electron chi connectivity index (χ2n) is 5.54. The van der Waals surface area contributed by atoms with Crippen molar-refractivity contribution in [3.63, 3.8) is 0 Å². The van der Waals surface area contributed by atoms with Crippen LogP contribution in [0.25, 0.3) is 0 Å². The molecular formula is C18H22N2O4S. The average molecular weight is 362 g/mol. The van der Waals surface area contributed by atoms with Crippen LogP contribution in [0, 0.1) is 6.92 Å². The SMILES string of the molecule is CCNC(=O)c1ccc(OC)c(S(=O)(=O)NCc2cccc(C)c2)c1. The molecule has 2 aromatic rings. The molecule has 0 atom stereocenters. The number of nitrogens with one attached hydrogen (secondary N) is 2. The highest BCUT2D eigenvalue weighted by Crippen LogP contribution is 2.25. The third kappa shape index (κ3) is 4.80. The van der Waals surface area contributed by atoms with Crippen molar-refractivity contribution in [1.82, 2.24) is 10.0 Å². The fourth-order valence-electron chi connectivity index (χ4n) is 2.37. The maximum Gasteiger partial charge on any atom is 0.251 e. The smallest absolute Gasteiger partial charge is 0.251 e. The Bertz CT molecular complexity index is 863. The van der Waals surface area contributed by atoms with Crippen molar-refractivity contribution < 1.29 is 17.9 Å². The molecule has 0 aliphatic rings. The van der Waals surface area contributed by atoms with E-state index in [0.29, 0.717) is 6.54 Å². The van der Waals surface area contributed by atoms with Crippen molar-refractivity contribution in [2.45, 2.75) is 25.3 Å². The first kappa shape index (κ1) is 19.0. The van der Waals surface area contributed by atoms with Gasteiger partial charge in [0.25, 0.3) is 5.91 Å². The Morgan fingerprint density at radius 1 is 1.16 bits per heavy atom. The number of sulfonamides is 1. The first-order chi connectivity index (χ1) is 11.9.